The Hall–Kier alpha value is -2.41. The van der Waals surface area contributed by atoms with E-state index in [9.17, 15) is 14.4 Å². The van der Waals surface area contributed by atoms with Gasteiger partial charge in [0.1, 0.15) is 12.0 Å². The lowest BCUT2D eigenvalue weighted by Gasteiger charge is -2.22. The molecule has 0 saturated heterocycles. The topological polar surface area (TPSA) is 105 Å². The van der Waals surface area contributed by atoms with E-state index in [0.717, 1.165) is 24.8 Å². The van der Waals surface area contributed by atoms with E-state index in [4.69, 9.17) is 9.94 Å². The second kappa shape index (κ2) is 12.9. The van der Waals surface area contributed by atoms with Crippen LogP contribution < -0.4 is 10.8 Å². The molecule has 1 rings (SSSR count). The molecule has 1 aromatic rings. The van der Waals surface area contributed by atoms with Gasteiger partial charge in [0.2, 0.25) is 5.91 Å². The van der Waals surface area contributed by atoms with Gasteiger partial charge in [-0.2, -0.15) is 0 Å². The highest BCUT2D eigenvalue weighted by Gasteiger charge is 2.31. The highest BCUT2D eigenvalue weighted by molar-refractivity contribution is 6.01. The summed E-state index contributed by atoms with van der Waals surface area (Å²) in [5, 5.41) is 11.6. The van der Waals surface area contributed by atoms with E-state index >= 15 is 0 Å². The van der Waals surface area contributed by atoms with Gasteiger partial charge in [0.25, 0.3) is 5.91 Å². The van der Waals surface area contributed by atoms with Crippen molar-refractivity contribution in [1.29, 1.82) is 0 Å². The van der Waals surface area contributed by atoms with Crippen LogP contribution in [0.3, 0.4) is 0 Å². The Bertz CT molecular complexity index is 618. The quantitative estimate of drug-likeness (QED) is 0.167. The van der Waals surface area contributed by atoms with E-state index in [-0.39, 0.29) is 12.5 Å². The molecule has 0 aliphatic rings. The fraction of sp³-hybridized carbons (Fsp3) is 0.571. The standard InChI is InChI=1S/C21H32N2O5/c1-4-5-6-10-13-17(20(25)23-27)19(24)22-18(21(26)28-15(2)3)14-16-11-8-7-9-12-16/h7-9,11-12,15,17-18,27H,4-6,10,13-14H2,1-3H3,(H,22,24)(H,23,25)/t17?,18-/m0/s1. The summed E-state index contributed by atoms with van der Waals surface area (Å²) in [6.07, 6.45) is 3.83. The number of amides is 2. The molecule has 1 aromatic carbocycles. The lowest BCUT2D eigenvalue weighted by Crippen LogP contribution is -2.49. The first-order chi connectivity index (χ1) is 13.4. The molecule has 0 heterocycles. The first-order valence-corrected chi connectivity index (χ1v) is 9.87. The second-order valence-corrected chi connectivity index (χ2v) is 7.11. The summed E-state index contributed by atoms with van der Waals surface area (Å²) in [6, 6.07) is 8.34. The zero-order chi connectivity index (χ0) is 20.9. The van der Waals surface area contributed by atoms with Crippen molar-refractivity contribution in [1.82, 2.24) is 10.8 Å². The fourth-order valence-electron chi connectivity index (χ4n) is 2.86. The number of hydroxylamine groups is 1. The van der Waals surface area contributed by atoms with Crippen molar-refractivity contribution in [3.63, 3.8) is 0 Å². The first kappa shape index (κ1) is 23.6. The van der Waals surface area contributed by atoms with Crippen molar-refractivity contribution in [2.45, 2.75) is 71.4 Å². The van der Waals surface area contributed by atoms with Crippen LogP contribution in [0.25, 0.3) is 0 Å². The molecule has 0 saturated carbocycles. The maximum absolute atomic E-state index is 12.7. The maximum atomic E-state index is 12.7. The third-order valence-electron chi connectivity index (χ3n) is 4.33. The number of benzene rings is 1. The number of rotatable bonds is 12. The van der Waals surface area contributed by atoms with Crippen molar-refractivity contribution < 1.29 is 24.3 Å². The molecule has 0 radical (unpaired) electrons. The number of hydrogen-bond donors (Lipinski definition) is 3. The van der Waals surface area contributed by atoms with Gasteiger partial charge in [-0.05, 0) is 25.8 Å². The van der Waals surface area contributed by atoms with Gasteiger partial charge in [0, 0.05) is 6.42 Å². The van der Waals surface area contributed by atoms with Gasteiger partial charge in [0.15, 0.2) is 0 Å². The van der Waals surface area contributed by atoms with Crippen molar-refractivity contribution >= 4 is 17.8 Å². The third kappa shape index (κ3) is 8.52. The van der Waals surface area contributed by atoms with Crippen LogP contribution in [0.1, 0.15) is 58.4 Å². The van der Waals surface area contributed by atoms with E-state index in [1.54, 1.807) is 19.3 Å². The molecule has 0 aliphatic carbocycles. The zero-order valence-electron chi connectivity index (χ0n) is 16.9. The minimum absolute atomic E-state index is 0.251. The Kier molecular flexibility index (Phi) is 10.9. The highest BCUT2D eigenvalue weighted by Crippen LogP contribution is 2.13. The van der Waals surface area contributed by atoms with E-state index in [0.29, 0.717) is 12.8 Å². The van der Waals surface area contributed by atoms with Crippen LogP contribution in [0.15, 0.2) is 30.3 Å². The van der Waals surface area contributed by atoms with Crippen LogP contribution in [-0.4, -0.2) is 35.1 Å². The summed E-state index contributed by atoms with van der Waals surface area (Å²) < 4.78 is 5.26. The van der Waals surface area contributed by atoms with Crippen molar-refractivity contribution in [3.05, 3.63) is 35.9 Å². The van der Waals surface area contributed by atoms with Crippen LogP contribution in [0.5, 0.6) is 0 Å². The summed E-state index contributed by atoms with van der Waals surface area (Å²) in [5.74, 6) is -2.98. The van der Waals surface area contributed by atoms with Crippen LogP contribution in [0.4, 0.5) is 0 Å². The van der Waals surface area contributed by atoms with Gasteiger partial charge >= 0.3 is 5.97 Å². The Labute approximate surface area is 166 Å². The molecule has 0 aliphatic heterocycles. The van der Waals surface area contributed by atoms with Crippen molar-refractivity contribution in [2.75, 3.05) is 0 Å². The lowest BCUT2D eigenvalue weighted by molar-refractivity contribution is -0.153. The summed E-state index contributed by atoms with van der Waals surface area (Å²) in [4.78, 5) is 37.1. The minimum Gasteiger partial charge on any atom is -0.461 e. The van der Waals surface area contributed by atoms with Gasteiger partial charge in [-0.25, -0.2) is 10.3 Å². The van der Waals surface area contributed by atoms with E-state index in [2.05, 4.69) is 12.2 Å². The van der Waals surface area contributed by atoms with Gasteiger partial charge in [0.05, 0.1) is 6.10 Å². The van der Waals surface area contributed by atoms with Gasteiger partial charge in [-0.3, -0.25) is 14.8 Å². The van der Waals surface area contributed by atoms with Crippen LogP contribution >= 0.6 is 0 Å². The fourth-order valence-corrected chi connectivity index (χ4v) is 2.86. The number of hydrogen-bond acceptors (Lipinski definition) is 5. The molecule has 7 heteroatoms. The molecule has 0 spiro atoms. The van der Waals surface area contributed by atoms with Gasteiger partial charge in [-0.15, -0.1) is 0 Å². The predicted molar refractivity (Wildman–Crippen MR) is 105 cm³/mol. The molecule has 0 fully saturated rings. The van der Waals surface area contributed by atoms with Crippen molar-refractivity contribution in [3.8, 4) is 0 Å². The Morgan fingerprint density at radius 3 is 2.29 bits per heavy atom. The SMILES string of the molecule is CCCCCCC(C(=O)NO)C(=O)N[C@@H](Cc1ccccc1)C(=O)OC(C)C. The monoisotopic (exact) mass is 392 g/mol. The van der Waals surface area contributed by atoms with Gasteiger partial charge < -0.3 is 10.1 Å². The average Bonchev–Trinajstić information content (AvgIpc) is 2.67. The van der Waals surface area contributed by atoms with E-state index < -0.39 is 29.7 Å². The molecule has 7 nitrogen and oxygen atoms in total. The third-order valence-corrected chi connectivity index (χ3v) is 4.33. The molecular formula is C21H32N2O5. The van der Waals surface area contributed by atoms with Crippen molar-refractivity contribution in [2.24, 2.45) is 5.92 Å². The van der Waals surface area contributed by atoms with Crippen LogP contribution in [0, 0.1) is 5.92 Å². The molecule has 28 heavy (non-hydrogen) atoms. The molecular weight excluding hydrogens is 360 g/mol. The summed E-state index contributed by atoms with van der Waals surface area (Å²) in [7, 11) is 0. The summed E-state index contributed by atoms with van der Waals surface area (Å²) in [5.41, 5.74) is 2.42. The molecule has 0 bridgehead atoms. The molecule has 3 N–H and O–H groups in total. The largest absolute Gasteiger partial charge is 0.461 e. The smallest absolute Gasteiger partial charge is 0.329 e. The molecule has 0 aromatic heterocycles. The number of carbonyl (C=O) groups excluding carboxylic acids is 3. The molecule has 2 atom stereocenters. The molecule has 2 amide bonds. The number of nitrogens with one attached hydrogen (secondary N) is 2. The highest BCUT2D eigenvalue weighted by atomic mass is 16.5. The molecule has 156 valence electrons. The average molecular weight is 392 g/mol. The minimum atomic E-state index is -1.06. The number of esters is 1. The Balaban J connectivity index is 2.87. The molecule has 1 unspecified atom stereocenters. The van der Waals surface area contributed by atoms with Gasteiger partial charge in [-0.1, -0.05) is 62.9 Å². The second-order valence-electron chi connectivity index (χ2n) is 7.11. The zero-order valence-corrected chi connectivity index (χ0v) is 16.9. The van der Waals surface area contributed by atoms with E-state index in [1.807, 2.05) is 30.3 Å². The predicted octanol–water partition coefficient (Wildman–Crippen LogP) is 2.76. The number of carbonyl (C=O) groups is 3. The Morgan fingerprint density at radius 1 is 1.04 bits per heavy atom. The normalized spacial score (nSPS) is 12.9. The van der Waals surface area contributed by atoms with E-state index in [1.165, 1.54) is 0 Å². The number of ether oxygens (including phenoxy) is 1. The number of unbranched alkanes of at least 4 members (excludes halogenated alkanes) is 3. The summed E-state index contributed by atoms with van der Waals surface area (Å²) >= 11 is 0. The first-order valence-electron chi connectivity index (χ1n) is 9.87. The summed E-state index contributed by atoms with van der Waals surface area (Å²) in [6.45, 7) is 5.53. The van der Waals surface area contributed by atoms with Crippen LogP contribution in [0.2, 0.25) is 0 Å². The lowest BCUT2D eigenvalue weighted by atomic mass is 9.98. The van der Waals surface area contributed by atoms with Crippen LogP contribution in [-0.2, 0) is 25.5 Å². The maximum Gasteiger partial charge on any atom is 0.329 e. The Morgan fingerprint density at radius 2 is 1.71 bits per heavy atom.